The Hall–Kier alpha value is -1.16. The minimum Gasteiger partial charge on any atom is -0.389 e. The Morgan fingerprint density at radius 1 is 1.50 bits per heavy atom. The molecule has 0 aromatic carbocycles. The zero-order valence-electron chi connectivity index (χ0n) is 7.68. The molecule has 78 valence electrons. The average molecular weight is 199 g/mol. The van der Waals surface area contributed by atoms with Crippen LogP contribution in [0.4, 0.5) is 0 Å². The number of hydrogen-bond acceptors (Lipinski definition) is 5. The van der Waals surface area contributed by atoms with Crippen molar-refractivity contribution in [2.45, 2.75) is 12.2 Å². The third-order valence-electron chi connectivity index (χ3n) is 2.07. The summed E-state index contributed by atoms with van der Waals surface area (Å²) in [5.74, 6) is -0.271. The molecule has 3 N–H and O–H groups in total. The number of nitriles is 1. The molecule has 1 aliphatic heterocycles. The van der Waals surface area contributed by atoms with Crippen LogP contribution in [0, 0.1) is 11.3 Å². The number of nitrogens with one attached hydrogen (secondary N) is 1. The Labute approximate surface area is 81.7 Å². The van der Waals surface area contributed by atoms with Crippen molar-refractivity contribution in [3.63, 3.8) is 0 Å². The molecule has 1 amide bonds. The van der Waals surface area contributed by atoms with Crippen LogP contribution in [-0.4, -0.2) is 59.4 Å². The molecule has 0 saturated carbocycles. The summed E-state index contributed by atoms with van der Waals surface area (Å²) < 4.78 is 0. The molecule has 0 aromatic heterocycles. The van der Waals surface area contributed by atoms with Gasteiger partial charge in [-0.25, -0.2) is 0 Å². The summed E-state index contributed by atoms with van der Waals surface area (Å²) in [7, 11) is 0. The first-order chi connectivity index (χ1) is 6.63. The lowest BCUT2D eigenvalue weighted by Crippen LogP contribution is -2.36. The summed E-state index contributed by atoms with van der Waals surface area (Å²) in [5, 5.41) is 28.9. The molecule has 1 fully saturated rings. The Morgan fingerprint density at radius 3 is 2.57 bits per heavy atom. The standard InChI is InChI=1S/C8H13N3O3/c9-1-2-10-8(14)5-11-3-6(12)7(13)4-11/h6-7,12-13H,2-5H2,(H,10,14). The van der Waals surface area contributed by atoms with Gasteiger partial charge in [-0.1, -0.05) is 0 Å². The first-order valence-electron chi connectivity index (χ1n) is 4.35. The van der Waals surface area contributed by atoms with E-state index in [2.05, 4.69) is 5.32 Å². The van der Waals surface area contributed by atoms with Crippen LogP contribution in [0.1, 0.15) is 0 Å². The topological polar surface area (TPSA) is 96.6 Å². The Balaban J connectivity index is 2.26. The van der Waals surface area contributed by atoms with E-state index in [-0.39, 0.29) is 19.0 Å². The van der Waals surface area contributed by atoms with E-state index in [1.165, 1.54) is 0 Å². The minimum absolute atomic E-state index is 0.0161. The van der Waals surface area contributed by atoms with E-state index >= 15 is 0 Å². The molecule has 2 atom stereocenters. The van der Waals surface area contributed by atoms with Crippen LogP contribution in [0.2, 0.25) is 0 Å². The van der Waals surface area contributed by atoms with Gasteiger partial charge in [0.05, 0.1) is 24.8 Å². The molecule has 2 unspecified atom stereocenters. The first kappa shape index (κ1) is 10.9. The number of amides is 1. The third-order valence-corrected chi connectivity index (χ3v) is 2.07. The van der Waals surface area contributed by atoms with Crippen LogP contribution >= 0.6 is 0 Å². The smallest absolute Gasteiger partial charge is 0.235 e. The van der Waals surface area contributed by atoms with E-state index in [1.54, 1.807) is 11.0 Å². The zero-order valence-corrected chi connectivity index (χ0v) is 7.68. The summed E-state index contributed by atoms with van der Waals surface area (Å²) in [6.07, 6.45) is -1.56. The van der Waals surface area contributed by atoms with Crippen molar-refractivity contribution in [2.24, 2.45) is 0 Å². The number of hydrogen-bond donors (Lipinski definition) is 3. The monoisotopic (exact) mass is 199 g/mol. The van der Waals surface area contributed by atoms with Crippen molar-refractivity contribution in [3.8, 4) is 6.07 Å². The lowest BCUT2D eigenvalue weighted by molar-refractivity contribution is -0.121. The summed E-state index contributed by atoms with van der Waals surface area (Å²) in [6.45, 7) is 0.676. The normalized spacial score (nSPS) is 27.2. The van der Waals surface area contributed by atoms with Crippen LogP contribution in [0.25, 0.3) is 0 Å². The summed E-state index contributed by atoms with van der Waals surface area (Å²) in [6, 6.07) is 1.79. The van der Waals surface area contributed by atoms with E-state index in [9.17, 15) is 15.0 Å². The minimum atomic E-state index is -0.779. The van der Waals surface area contributed by atoms with Crippen molar-refractivity contribution in [1.29, 1.82) is 5.26 Å². The number of aliphatic hydroxyl groups excluding tert-OH is 2. The molecule has 0 aliphatic carbocycles. The fourth-order valence-electron chi connectivity index (χ4n) is 1.37. The maximum atomic E-state index is 11.1. The fraction of sp³-hybridized carbons (Fsp3) is 0.750. The van der Waals surface area contributed by atoms with E-state index < -0.39 is 12.2 Å². The average Bonchev–Trinajstić information content (AvgIpc) is 2.42. The quantitative estimate of drug-likeness (QED) is 0.443. The molecule has 0 aromatic rings. The molecule has 1 heterocycles. The van der Waals surface area contributed by atoms with E-state index in [0.29, 0.717) is 13.1 Å². The highest BCUT2D eigenvalue weighted by atomic mass is 16.3. The highest BCUT2D eigenvalue weighted by molar-refractivity contribution is 5.78. The number of β-amino-alcohol motifs (C(OH)–C–C–N with tert-alkyl or cyclic N) is 2. The number of likely N-dealkylation sites (tertiary alicyclic amines) is 1. The zero-order chi connectivity index (χ0) is 10.6. The lowest BCUT2D eigenvalue weighted by atomic mass is 10.3. The van der Waals surface area contributed by atoms with Crippen molar-refractivity contribution in [2.75, 3.05) is 26.2 Å². The van der Waals surface area contributed by atoms with Gasteiger partial charge in [0, 0.05) is 13.1 Å². The van der Waals surface area contributed by atoms with Crippen LogP contribution in [-0.2, 0) is 4.79 Å². The van der Waals surface area contributed by atoms with Gasteiger partial charge in [0.1, 0.15) is 6.54 Å². The second kappa shape index (κ2) is 4.91. The molecule has 6 heteroatoms. The highest BCUT2D eigenvalue weighted by Gasteiger charge is 2.30. The summed E-state index contributed by atoms with van der Waals surface area (Å²) in [4.78, 5) is 12.7. The van der Waals surface area contributed by atoms with E-state index in [0.717, 1.165) is 0 Å². The van der Waals surface area contributed by atoms with Gasteiger partial charge in [0.2, 0.25) is 5.91 Å². The third kappa shape index (κ3) is 2.96. The number of nitrogens with zero attached hydrogens (tertiary/aromatic N) is 2. The maximum Gasteiger partial charge on any atom is 0.235 e. The molecule has 6 nitrogen and oxygen atoms in total. The van der Waals surface area contributed by atoms with Crippen molar-refractivity contribution >= 4 is 5.91 Å². The lowest BCUT2D eigenvalue weighted by Gasteiger charge is -2.12. The van der Waals surface area contributed by atoms with Gasteiger partial charge in [0.15, 0.2) is 0 Å². The Bertz CT molecular complexity index is 241. The molecule has 1 rings (SSSR count). The molecule has 14 heavy (non-hydrogen) atoms. The molecule has 0 spiro atoms. The van der Waals surface area contributed by atoms with Crippen molar-refractivity contribution in [1.82, 2.24) is 10.2 Å². The summed E-state index contributed by atoms with van der Waals surface area (Å²) >= 11 is 0. The predicted octanol–water partition coefficient (Wildman–Crippen LogP) is -2.34. The van der Waals surface area contributed by atoms with Crippen LogP contribution < -0.4 is 5.32 Å². The molecular weight excluding hydrogens is 186 g/mol. The van der Waals surface area contributed by atoms with Crippen molar-refractivity contribution < 1.29 is 15.0 Å². The molecule has 0 radical (unpaired) electrons. The fourth-order valence-corrected chi connectivity index (χ4v) is 1.37. The molecule has 1 saturated heterocycles. The largest absolute Gasteiger partial charge is 0.389 e. The van der Waals surface area contributed by atoms with Gasteiger partial charge in [-0.2, -0.15) is 5.26 Å². The number of rotatable bonds is 3. The van der Waals surface area contributed by atoms with Gasteiger partial charge in [-0.15, -0.1) is 0 Å². The van der Waals surface area contributed by atoms with E-state index in [4.69, 9.17) is 5.26 Å². The van der Waals surface area contributed by atoms with Crippen LogP contribution in [0.3, 0.4) is 0 Å². The second-order valence-corrected chi connectivity index (χ2v) is 3.26. The highest BCUT2D eigenvalue weighted by Crippen LogP contribution is 2.08. The van der Waals surface area contributed by atoms with Gasteiger partial charge in [-0.05, 0) is 0 Å². The summed E-state index contributed by atoms with van der Waals surface area (Å²) in [5.41, 5.74) is 0. The Morgan fingerprint density at radius 2 is 2.07 bits per heavy atom. The Kier molecular flexibility index (Phi) is 3.83. The molecular formula is C8H13N3O3. The maximum absolute atomic E-state index is 11.1. The van der Waals surface area contributed by atoms with Gasteiger partial charge >= 0.3 is 0 Å². The van der Waals surface area contributed by atoms with Gasteiger partial charge < -0.3 is 15.5 Å². The molecule has 0 bridgehead atoms. The number of carbonyl (C=O) groups is 1. The number of aliphatic hydroxyl groups is 2. The van der Waals surface area contributed by atoms with Gasteiger partial charge in [0.25, 0.3) is 0 Å². The SMILES string of the molecule is N#CCNC(=O)CN1CC(O)C(O)C1. The van der Waals surface area contributed by atoms with E-state index in [1.807, 2.05) is 0 Å². The molecule has 1 aliphatic rings. The predicted molar refractivity (Wildman–Crippen MR) is 47.1 cm³/mol. The second-order valence-electron chi connectivity index (χ2n) is 3.26. The van der Waals surface area contributed by atoms with Crippen LogP contribution in [0.15, 0.2) is 0 Å². The number of carbonyl (C=O) groups excluding carboxylic acids is 1. The first-order valence-corrected chi connectivity index (χ1v) is 4.35. The van der Waals surface area contributed by atoms with Crippen molar-refractivity contribution in [3.05, 3.63) is 0 Å². The van der Waals surface area contributed by atoms with Gasteiger partial charge in [-0.3, -0.25) is 9.69 Å². The van der Waals surface area contributed by atoms with Crippen LogP contribution in [0.5, 0.6) is 0 Å².